The molecule has 0 aliphatic carbocycles. The van der Waals surface area contributed by atoms with E-state index in [1.165, 1.54) is 19.3 Å². The molecule has 0 spiro atoms. The molecule has 1 atom stereocenters. The Morgan fingerprint density at radius 2 is 1.47 bits per heavy atom. The van der Waals surface area contributed by atoms with Gasteiger partial charge in [-0.3, -0.25) is 0 Å². The molecule has 0 bridgehead atoms. The Hall–Kier alpha value is -0.0400. The second kappa shape index (κ2) is 5.89. The van der Waals surface area contributed by atoms with Crippen molar-refractivity contribution in [2.45, 2.75) is 73.8 Å². The summed E-state index contributed by atoms with van der Waals surface area (Å²) in [4.78, 5) is 0. The fourth-order valence-electron chi connectivity index (χ4n) is 1.27. The third-order valence-corrected chi connectivity index (χ3v) is 2.91. The van der Waals surface area contributed by atoms with Crippen molar-refractivity contribution < 1.29 is 4.74 Å². The molecule has 1 heteroatoms. The molecule has 0 saturated heterocycles. The van der Waals surface area contributed by atoms with Crippen LogP contribution in [0.1, 0.15) is 67.7 Å². The molecule has 15 heavy (non-hydrogen) atoms. The summed E-state index contributed by atoms with van der Waals surface area (Å²) in [6.45, 7) is 16.7. The van der Waals surface area contributed by atoms with Gasteiger partial charge in [0.05, 0.1) is 6.10 Å². The molecule has 1 nitrogen and oxygen atoms in total. The van der Waals surface area contributed by atoms with Crippen molar-refractivity contribution in [2.75, 3.05) is 6.61 Å². The summed E-state index contributed by atoms with van der Waals surface area (Å²) in [6.07, 6.45) is 4.12. The van der Waals surface area contributed by atoms with E-state index in [1.54, 1.807) is 0 Å². The van der Waals surface area contributed by atoms with E-state index in [-0.39, 0.29) is 5.41 Å². The summed E-state index contributed by atoms with van der Waals surface area (Å²) in [5, 5.41) is 0. The number of hydrogen-bond acceptors (Lipinski definition) is 1. The van der Waals surface area contributed by atoms with Crippen LogP contribution in [-0.2, 0) is 4.74 Å². The third-order valence-electron chi connectivity index (χ3n) is 2.91. The monoisotopic (exact) mass is 214 g/mol. The number of unbranched alkanes of at least 4 members (excludes halogenated alkanes) is 1. The summed E-state index contributed by atoms with van der Waals surface area (Å²) in [5.41, 5.74) is 0.736. The van der Waals surface area contributed by atoms with Gasteiger partial charge >= 0.3 is 0 Å². The lowest BCUT2D eigenvalue weighted by Gasteiger charge is -2.27. The van der Waals surface area contributed by atoms with Crippen LogP contribution in [0.25, 0.3) is 0 Å². The van der Waals surface area contributed by atoms with Crippen LogP contribution in [-0.4, -0.2) is 12.7 Å². The van der Waals surface area contributed by atoms with Crippen LogP contribution in [0.5, 0.6) is 0 Å². The smallest absolute Gasteiger partial charge is 0.0595 e. The minimum Gasteiger partial charge on any atom is -0.378 e. The van der Waals surface area contributed by atoms with E-state index in [9.17, 15) is 0 Å². The molecule has 0 unspecified atom stereocenters. The second-order valence-electron chi connectivity index (χ2n) is 6.90. The van der Waals surface area contributed by atoms with E-state index < -0.39 is 0 Å². The van der Waals surface area contributed by atoms with Crippen LogP contribution >= 0.6 is 0 Å². The second-order valence-corrected chi connectivity index (χ2v) is 6.90. The highest BCUT2D eigenvalue weighted by Crippen LogP contribution is 2.23. The molecular formula is C14H30O. The van der Waals surface area contributed by atoms with Crippen LogP contribution in [0, 0.1) is 10.8 Å². The first-order valence-electron chi connectivity index (χ1n) is 6.24. The van der Waals surface area contributed by atoms with Crippen LogP contribution in [0.4, 0.5) is 0 Å². The molecule has 0 heterocycles. The molecule has 0 aromatic heterocycles. The third kappa shape index (κ3) is 8.92. The SMILES string of the molecule is C[C@@H](OCCCCC(C)(C)C)C(C)(C)C. The normalized spacial score (nSPS) is 15.4. The molecule has 0 saturated carbocycles. The first kappa shape index (κ1) is 15.0. The van der Waals surface area contributed by atoms with Crippen molar-refractivity contribution in [3.05, 3.63) is 0 Å². The van der Waals surface area contributed by atoms with Crippen LogP contribution in [0.2, 0.25) is 0 Å². The summed E-state index contributed by atoms with van der Waals surface area (Å²) < 4.78 is 5.82. The zero-order valence-corrected chi connectivity index (χ0v) is 11.8. The van der Waals surface area contributed by atoms with Gasteiger partial charge in [-0.25, -0.2) is 0 Å². The van der Waals surface area contributed by atoms with Gasteiger partial charge in [-0.2, -0.15) is 0 Å². The fourth-order valence-corrected chi connectivity index (χ4v) is 1.27. The van der Waals surface area contributed by atoms with Crippen molar-refractivity contribution in [1.29, 1.82) is 0 Å². The predicted molar refractivity (Wildman–Crippen MR) is 68.2 cm³/mol. The zero-order chi connectivity index (χ0) is 12.1. The lowest BCUT2D eigenvalue weighted by atomic mass is 9.89. The predicted octanol–water partition coefficient (Wildman–Crippen LogP) is 4.65. The van der Waals surface area contributed by atoms with E-state index in [1.807, 2.05) is 0 Å². The average Bonchev–Trinajstić information content (AvgIpc) is 1.99. The first-order chi connectivity index (χ1) is 6.63. The molecule has 0 aliphatic rings. The summed E-state index contributed by atoms with van der Waals surface area (Å²) >= 11 is 0. The lowest BCUT2D eigenvalue weighted by Crippen LogP contribution is -2.26. The summed E-state index contributed by atoms with van der Waals surface area (Å²) in [5.74, 6) is 0. The van der Waals surface area contributed by atoms with Gasteiger partial charge in [0.15, 0.2) is 0 Å². The molecule has 92 valence electrons. The highest BCUT2D eigenvalue weighted by molar-refractivity contribution is 4.69. The summed E-state index contributed by atoms with van der Waals surface area (Å²) in [7, 11) is 0. The maximum atomic E-state index is 5.82. The molecule has 0 aromatic rings. The maximum absolute atomic E-state index is 5.82. The van der Waals surface area contributed by atoms with E-state index in [2.05, 4.69) is 48.5 Å². The standard InChI is InChI=1S/C14H30O/c1-12(14(5,6)7)15-11-9-8-10-13(2,3)4/h12H,8-11H2,1-7H3/t12-/m1/s1. The highest BCUT2D eigenvalue weighted by Gasteiger charge is 2.20. The van der Waals surface area contributed by atoms with Gasteiger partial charge < -0.3 is 4.74 Å². The van der Waals surface area contributed by atoms with E-state index in [4.69, 9.17) is 4.74 Å². The zero-order valence-electron chi connectivity index (χ0n) is 11.8. The molecule has 0 N–H and O–H groups in total. The van der Waals surface area contributed by atoms with Gasteiger partial charge in [-0.1, -0.05) is 48.0 Å². The van der Waals surface area contributed by atoms with Gasteiger partial charge in [-0.15, -0.1) is 0 Å². The van der Waals surface area contributed by atoms with Crippen molar-refractivity contribution in [2.24, 2.45) is 10.8 Å². The van der Waals surface area contributed by atoms with Gasteiger partial charge in [0.2, 0.25) is 0 Å². The Morgan fingerprint density at radius 3 is 1.87 bits per heavy atom. The van der Waals surface area contributed by atoms with Gasteiger partial charge in [0, 0.05) is 6.61 Å². The van der Waals surface area contributed by atoms with E-state index >= 15 is 0 Å². The molecule has 0 amide bonds. The molecule has 0 aliphatic heterocycles. The molecule has 0 aromatic carbocycles. The van der Waals surface area contributed by atoms with Crippen molar-refractivity contribution in [3.63, 3.8) is 0 Å². The molecule has 0 fully saturated rings. The van der Waals surface area contributed by atoms with Crippen LogP contribution in [0.15, 0.2) is 0 Å². The Kier molecular flexibility index (Phi) is 5.87. The van der Waals surface area contributed by atoms with Crippen molar-refractivity contribution in [1.82, 2.24) is 0 Å². The molecular weight excluding hydrogens is 184 g/mol. The quantitative estimate of drug-likeness (QED) is 0.605. The number of rotatable bonds is 5. The minimum absolute atomic E-state index is 0.268. The average molecular weight is 214 g/mol. The van der Waals surface area contributed by atoms with Gasteiger partial charge in [0.1, 0.15) is 0 Å². The number of hydrogen-bond donors (Lipinski definition) is 0. The molecule has 0 radical (unpaired) electrons. The Morgan fingerprint density at radius 1 is 0.933 bits per heavy atom. The summed E-state index contributed by atoms with van der Waals surface area (Å²) in [6, 6.07) is 0. The van der Waals surface area contributed by atoms with Crippen molar-refractivity contribution in [3.8, 4) is 0 Å². The largest absolute Gasteiger partial charge is 0.378 e. The van der Waals surface area contributed by atoms with E-state index in [0.717, 1.165) is 6.61 Å². The van der Waals surface area contributed by atoms with E-state index in [0.29, 0.717) is 11.5 Å². The van der Waals surface area contributed by atoms with Crippen molar-refractivity contribution >= 4 is 0 Å². The maximum Gasteiger partial charge on any atom is 0.0595 e. The Bertz CT molecular complexity index is 159. The first-order valence-corrected chi connectivity index (χ1v) is 6.24. The Balaban J connectivity index is 3.48. The number of ether oxygens (including phenoxy) is 1. The van der Waals surface area contributed by atoms with Gasteiger partial charge in [0.25, 0.3) is 0 Å². The topological polar surface area (TPSA) is 9.23 Å². The minimum atomic E-state index is 0.268. The Labute approximate surface area is 96.6 Å². The fraction of sp³-hybridized carbons (Fsp3) is 1.00. The highest BCUT2D eigenvalue weighted by atomic mass is 16.5. The van der Waals surface area contributed by atoms with Gasteiger partial charge in [-0.05, 0) is 30.6 Å². The molecule has 0 rings (SSSR count). The van der Waals surface area contributed by atoms with Crippen LogP contribution in [0.3, 0.4) is 0 Å². The van der Waals surface area contributed by atoms with Crippen LogP contribution < -0.4 is 0 Å². The lowest BCUT2D eigenvalue weighted by molar-refractivity contribution is -0.00694.